The highest BCUT2D eigenvalue weighted by Gasteiger charge is 2.08. The summed E-state index contributed by atoms with van der Waals surface area (Å²) in [6.07, 6.45) is 16.7. The molecule has 0 unspecified atom stereocenters. The molecule has 134 valence electrons. The third-order valence-corrected chi connectivity index (χ3v) is 5.66. The van der Waals surface area contributed by atoms with Crippen molar-refractivity contribution < 1.29 is 0 Å². The molecule has 0 fully saturated rings. The van der Waals surface area contributed by atoms with Crippen LogP contribution in [0.5, 0.6) is 0 Å². The Morgan fingerprint density at radius 1 is 0.696 bits per heavy atom. The first-order valence-corrected chi connectivity index (χ1v) is 10.9. The molecule has 0 radical (unpaired) electrons. The van der Waals surface area contributed by atoms with Crippen molar-refractivity contribution in [3.8, 4) is 0 Å². The van der Waals surface area contributed by atoms with Gasteiger partial charge >= 0.3 is 0 Å². The van der Waals surface area contributed by atoms with E-state index in [1.807, 2.05) is 11.3 Å². The van der Waals surface area contributed by atoms with Gasteiger partial charge in [0.25, 0.3) is 0 Å². The predicted octanol–water partition coefficient (Wildman–Crippen LogP) is 7.58. The maximum Gasteiger partial charge on any atom is 0.0911 e. The molecule has 1 aromatic rings. The number of anilines is 1. The lowest BCUT2D eigenvalue weighted by Gasteiger charge is -2.23. The summed E-state index contributed by atoms with van der Waals surface area (Å²) in [5, 5.41) is 1.49. The summed E-state index contributed by atoms with van der Waals surface area (Å²) in [6.45, 7) is 9.31. The molecule has 0 spiro atoms. The van der Waals surface area contributed by atoms with E-state index in [-0.39, 0.29) is 0 Å². The molecule has 0 atom stereocenters. The van der Waals surface area contributed by atoms with Crippen molar-refractivity contribution in [1.82, 2.24) is 0 Å². The first kappa shape index (κ1) is 20.5. The van der Waals surface area contributed by atoms with E-state index in [0.717, 1.165) is 0 Å². The van der Waals surface area contributed by atoms with Crippen molar-refractivity contribution in [1.29, 1.82) is 0 Å². The highest BCUT2D eigenvalue weighted by atomic mass is 32.1. The van der Waals surface area contributed by atoms with Crippen LogP contribution in [0.1, 0.15) is 95.8 Å². The molecule has 1 aromatic heterocycles. The normalized spacial score (nSPS) is 11.1. The minimum atomic E-state index is 1.25. The second kappa shape index (κ2) is 13.9. The number of hydrogen-bond donors (Lipinski definition) is 0. The Balaban J connectivity index is 2.26. The van der Waals surface area contributed by atoms with Crippen LogP contribution in [0.3, 0.4) is 0 Å². The summed E-state index contributed by atoms with van der Waals surface area (Å²) in [4.78, 5) is 4.09. The van der Waals surface area contributed by atoms with Crippen molar-refractivity contribution in [3.05, 3.63) is 17.0 Å². The van der Waals surface area contributed by atoms with Crippen molar-refractivity contribution in [2.45, 2.75) is 97.8 Å². The van der Waals surface area contributed by atoms with Crippen LogP contribution in [0.2, 0.25) is 0 Å². The zero-order valence-electron chi connectivity index (χ0n) is 15.9. The Morgan fingerprint density at radius 3 is 1.61 bits per heavy atom. The monoisotopic (exact) mass is 337 g/mol. The number of hydrogen-bond acceptors (Lipinski definition) is 2. The van der Waals surface area contributed by atoms with E-state index in [2.05, 4.69) is 37.8 Å². The van der Waals surface area contributed by atoms with Crippen molar-refractivity contribution in [2.75, 3.05) is 18.0 Å². The van der Waals surface area contributed by atoms with Crippen LogP contribution in [0.4, 0.5) is 5.00 Å². The Labute approximate surface area is 149 Å². The van der Waals surface area contributed by atoms with Gasteiger partial charge in [0, 0.05) is 18.0 Å². The topological polar surface area (TPSA) is 3.24 Å². The number of thiophene rings is 1. The SMILES string of the molecule is CCCCCCCCN(CCCCCCCC)c1ccc(C)s1. The molecule has 1 rings (SSSR count). The van der Waals surface area contributed by atoms with E-state index < -0.39 is 0 Å². The molecule has 23 heavy (non-hydrogen) atoms. The second-order valence-electron chi connectivity index (χ2n) is 6.91. The fraction of sp³-hybridized carbons (Fsp3) is 0.810. The zero-order valence-corrected chi connectivity index (χ0v) is 16.7. The summed E-state index contributed by atoms with van der Waals surface area (Å²) >= 11 is 1.97. The lowest BCUT2D eigenvalue weighted by Crippen LogP contribution is -2.24. The summed E-state index contributed by atoms with van der Waals surface area (Å²) in [6, 6.07) is 4.60. The minimum absolute atomic E-state index is 1.25. The van der Waals surface area contributed by atoms with E-state index in [1.165, 1.54) is 100 Å². The molecular formula is C21H39NS. The van der Waals surface area contributed by atoms with Gasteiger partial charge in [-0.15, -0.1) is 11.3 Å². The van der Waals surface area contributed by atoms with Crippen LogP contribution >= 0.6 is 11.3 Å². The first-order valence-electron chi connectivity index (χ1n) is 10.1. The average molecular weight is 338 g/mol. The van der Waals surface area contributed by atoms with Gasteiger partial charge in [-0.05, 0) is 31.9 Å². The highest BCUT2D eigenvalue weighted by Crippen LogP contribution is 2.26. The standard InChI is InChI=1S/C21H39NS/c1-4-6-8-10-12-14-18-22(21-17-16-20(3)23-21)19-15-13-11-9-7-5-2/h16-17H,4-15,18-19H2,1-3H3. The summed E-state index contributed by atoms with van der Waals surface area (Å²) in [5.41, 5.74) is 0. The van der Waals surface area contributed by atoms with Gasteiger partial charge in [-0.3, -0.25) is 0 Å². The van der Waals surface area contributed by atoms with Gasteiger partial charge in [-0.1, -0.05) is 78.1 Å². The van der Waals surface area contributed by atoms with Crippen molar-refractivity contribution in [3.63, 3.8) is 0 Å². The second-order valence-corrected chi connectivity index (χ2v) is 8.17. The predicted molar refractivity (Wildman–Crippen MR) is 108 cm³/mol. The van der Waals surface area contributed by atoms with Crippen LogP contribution in [-0.2, 0) is 0 Å². The van der Waals surface area contributed by atoms with E-state index in [9.17, 15) is 0 Å². The molecular weight excluding hydrogens is 298 g/mol. The number of unbranched alkanes of at least 4 members (excludes halogenated alkanes) is 10. The molecule has 0 aliphatic heterocycles. The van der Waals surface area contributed by atoms with Gasteiger partial charge in [0.2, 0.25) is 0 Å². The molecule has 0 aromatic carbocycles. The molecule has 0 saturated heterocycles. The molecule has 2 heteroatoms. The van der Waals surface area contributed by atoms with Crippen LogP contribution < -0.4 is 4.90 Å². The Hall–Kier alpha value is -0.500. The molecule has 0 amide bonds. The Kier molecular flexibility index (Phi) is 12.4. The molecule has 1 heterocycles. The van der Waals surface area contributed by atoms with Gasteiger partial charge in [0.1, 0.15) is 0 Å². The van der Waals surface area contributed by atoms with Gasteiger partial charge in [-0.25, -0.2) is 0 Å². The molecule has 0 aliphatic rings. The van der Waals surface area contributed by atoms with E-state index in [0.29, 0.717) is 0 Å². The average Bonchev–Trinajstić information content (AvgIpc) is 2.98. The third kappa shape index (κ3) is 10.1. The van der Waals surface area contributed by atoms with Gasteiger partial charge in [-0.2, -0.15) is 0 Å². The largest absolute Gasteiger partial charge is 0.363 e. The van der Waals surface area contributed by atoms with Gasteiger partial charge < -0.3 is 4.90 Å². The van der Waals surface area contributed by atoms with E-state index >= 15 is 0 Å². The van der Waals surface area contributed by atoms with Crippen LogP contribution in [0, 0.1) is 6.92 Å². The maximum absolute atomic E-state index is 2.65. The molecule has 0 N–H and O–H groups in total. The Bertz CT molecular complexity index is 356. The molecule has 0 saturated carbocycles. The molecule has 1 nitrogen and oxygen atoms in total. The quantitative estimate of drug-likeness (QED) is 0.298. The Morgan fingerprint density at radius 2 is 1.17 bits per heavy atom. The van der Waals surface area contributed by atoms with Gasteiger partial charge in [0.05, 0.1) is 5.00 Å². The van der Waals surface area contributed by atoms with Crippen molar-refractivity contribution >= 4 is 16.3 Å². The van der Waals surface area contributed by atoms with Gasteiger partial charge in [0.15, 0.2) is 0 Å². The van der Waals surface area contributed by atoms with Crippen LogP contribution in [0.25, 0.3) is 0 Å². The first-order chi connectivity index (χ1) is 11.3. The summed E-state index contributed by atoms with van der Waals surface area (Å²) in [5.74, 6) is 0. The van der Waals surface area contributed by atoms with E-state index in [1.54, 1.807) is 0 Å². The summed E-state index contributed by atoms with van der Waals surface area (Å²) < 4.78 is 0. The van der Waals surface area contributed by atoms with Crippen LogP contribution in [0.15, 0.2) is 12.1 Å². The fourth-order valence-corrected chi connectivity index (χ4v) is 4.00. The number of aryl methyl sites for hydroxylation is 1. The zero-order chi connectivity index (χ0) is 16.8. The molecule has 0 bridgehead atoms. The fourth-order valence-electron chi connectivity index (χ4n) is 3.09. The highest BCUT2D eigenvalue weighted by molar-refractivity contribution is 7.16. The minimum Gasteiger partial charge on any atom is -0.363 e. The molecule has 0 aliphatic carbocycles. The summed E-state index contributed by atoms with van der Waals surface area (Å²) in [7, 11) is 0. The number of nitrogens with zero attached hydrogens (tertiary/aromatic N) is 1. The third-order valence-electron chi connectivity index (χ3n) is 4.60. The van der Waals surface area contributed by atoms with Crippen LogP contribution in [-0.4, -0.2) is 13.1 Å². The lowest BCUT2D eigenvalue weighted by molar-refractivity contribution is 0.576. The van der Waals surface area contributed by atoms with Crippen molar-refractivity contribution in [2.24, 2.45) is 0 Å². The smallest absolute Gasteiger partial charge is 0.0911 e. The van der Waals surface area contributed by atoms with E-state index in [4.69, 9.17) is 0 Å². The maximum atomic E-state index is 2.65. The lowest BCUT2D eigenvalue weighted by atomic mass is 10.1. The number of rotatable bonds is 15.